The molecule has 0 radical (unpaired) electrons. The number of aliphatic carboxylic acids is 1. The van der Waals surface area contributed by atoms with Crippen molar-refractivity contribution in [3.63, 3.8) is 0 Å². The van der Waals surface area contributed by atoms with E-state index in [1.54, 1.807) is 11.8 Å². The Hall–Kier alpha value is -0.910. The van der Waals surface area contributed by atoms with Crippen LogP contribution in [0.4, 0.5) is 4.79 Å². The van der Waals surface area contributed by atoms with E-state index in [0.29, 0.717) is 5.25 Å². The van der Waals surface area contributed by atoms with E-state index >= 15 is 0 Å². The molecule has 0 aromatic carbocycles. The third kappa shape index (κ3) is 2.19. The molecular weight excluding hydrogens is 216 g/mol. The molecule has 6 heteroatoms. The Morgan fingerprint density at radius 3 is 3.00 bits per heavy atom. The first kappa shape index (κ1) is 10.6. The number of urea groups is 1. The summed E-state index contributed by atoms with van der Waals surface area (Å²) in [4.78, 5) is 23.1. The molecule has 0 saturated carbocycles. The standard InChI is InChI=1S/C9H14N2O3S/c12-7(13)4-2-1-3-6-8-10-9(14)11(8)5-15-6/h6,8H,1-5H2,(H,10,14)(H,12,13)/t6-,8-/m0/s1. The van der Waals surface area contributed by atoms with Crippen LogP contribution in [0.3, 0.4) is 0 Å². The van der Waals surface area contributed by atoms with Gasteiger partial charge in [0.05, 0.1) is 5.88 Å². The quantitative estimate of drug-likeness (QED) is 0.693. The zero-order valence-electron chi connectivity index (χ0n) is 8.31. The van der Waals surface area contributed by atoms with Crippen LogP contribution < -0.4 is 5.32 Å². The number of carbonyl (C=O) groups excluding carboxylic acids is 1. The molecule has 15 heavy (non-hydrogen) atoms. The normalized spacial score (nSPS) is 28.3. The first-order valence-electron chi connectivity index (χ1n) is 5.09. The predicted molar refractivity (Wildman–Crippen MR) is 56.5 cm³/mol. The minimum atomic E-state index is -0.729. The minimum Gasteiger partial charge on any atom is -0.481 e. The fourth-order valence-electron chi connectivity index (χ4n) is 1.91. The van der Waals surface area contributed by atoms with Gasteiger partial charge in [0.15, 0.2) is 0 Å². The van der Waals surface area contributed by atoms with Crippen molar-refractivity contribution in [1.82, 2.24) is 10.2 Å². The molecular formula is C9H14N2O3S. The van der Waals surface area contributed by atoms with Gasteiger partial charge >= 0.3 is 12.0 Å². The molecule has 0 aromatic rings. The number of hydrogen-bond donors (Lipinski definition) is 2. The summed E-state index contributed by atoms with van der Waals surface area (Å²) in [5, 5.41) is 11.8. The van der Waals surface area contributed by atoms with Gasteiger partial charge in [-0.1, -0.05) is 6.42 Å². The van der Waals surface area contributed by atoms with Gasteiger partial charge in [-0.15, -0.1) is 11.8 Å². The molecule has 2 rings (SSSR count). The summed E-state index contributed by atoms with van der Waals surface area (Å²) < 4.78 is 0. The van der Waals surface area contributed by atoms with Gasteiger partial charge in [-0.2, -0.15) is 0 Å². The van der Waals surface area contributed by atoms with Gasteiger partial charge in [0.25, 0.3) is 0 Å². The van der Waals surface area contributed by atoms with Crippen molar-refractivity contribution in [2.75, 3.05) is 5.88 Å². The zero-order valence-corrected chi connectivity index (χ0v) is 9.13. The third-order valence-electron chi connectivity index (χ3n) is 2.78. The highest BCUT2D eigenvalue weighted by molar-refractivity contribution is 8.00. The number of rotatable bonds is 5. The summed E-state index contributed by atoms with van der Waals surface area (Å²) in [6.07, 6.45) is 3.08. The lowest BCUT2D eigenvalue weighted by molar-refractivity contribution is -0.137. The highest BCUT2D eigenvalue weighted by atomic mass is 32.2. The van der Waals surface area contributed by atoms with Crippen LogP contribution >= 0.6 is 11.8 Å². The Bertz CT molecular complexity index is 285. The van der Waals surface area contributed by atoms with Crippen molar-refractivity contribution in [1.29, 1.82) is 0 Å². The maximum absolute atomic E-state index is 11.0. The lowest BCUT2D eigenvalue weighted by Crippen LogP contribution is -2.65. The number of carbonyl (C=O) groups is 2. The fourth-order valence-corrected chi connectivity index (χ4v) is 3.27. The largest absolute Gasteiger partial charge is 0.481 e. The average Bonchev–Trinajstić information content (AvgIpc) is 2.49. The number of carboxylic acid groups (broad SMARTS) is 1. The second-order valence-corrected chi connectivity index (χ2v) is 5.03. The van der Waals surface area contributed by atoms with Crippen molar-refractivity contribution >= 4 is 23.8 Å². The lowest BCUT2D eigenvalue weighted by Gasteiger charge is -2.37. The monoisotopic (exact) mass is 230 g/mol. The summed E-state index contributed by atoms with van der Waals surface area (Å²) in [5.41, 5.74) is 0. The molecule has 2 N–H and O–H groups in total. The van der Waals surface area contributed by atoms with Crippen molar-refractivity contribution in [2.24, 2.45) is 0 Å². The number of nitrogens with one attached hydrogen (secondary N) is 1. The van der Waals surface area contributed by atoms with E-state index in [9.17, 15) is 9.59 Å². The molecule has 2 fully saturated rings. The topological polar surface area (TPSA) is 69.6 Å². The molecule has 0 unspecified atom stereocenters. The number of hydrogen-bond acceptors (Lipinski definition) is 3. The van der Waals surface area contributed by atoms with E-state index in [1.807, 2.05) is 4.90 Å². The van der Waals surface area contributed by atoms with Crippen LogP contribution in [0, 0.1) is 0 Å². The fraction of sp³-hybridized carbons (Fsp3) is 0.778. The molecule has 2 amide bonds. The van der Waals surface area contributed by atoms with Crippen LogP contribution in [0.1, 0.15) is 25.7 Å². The molecule has 0 spiro atoms. The Balaban J connectivity index is 1.64. The Labute approximate surface area is 92.2 Å². The summed E-state index contributed by atoms with van der Waals surface area (Å²) in [5.74, 6) is 0.0488. The van der Waals surface area contributed by atoms with E-state index in [4.69, 9.17) is 5.11 Å². The van der Waals surface area contributed by atoms with Gasteiger partial charge in [-0.25, -0.2) is 4.79 Å². The molecule has 2 heterocycles. The third-order valence-corrected chi connectivity index (χ3v) is 4.13. The lowest BCUT2D eigenvalue weighted by atomic mass is 10.1. The number of carboxylic acids is 1. The summed E-state index contributed by atoms with van der Waals surface area (Å²) >= 11 is 1.78. The summed E-state index contributed by atoms with van der Waals surface area (Å²) in [6, 6.07) is 0.0283. The molecule has 84 valence electrons. The maximum atomic E-state index is 11.0. The van der Waals surface area contributed by atoms with Crippen molar-refractivity contribution < 1.29 is 14.7 Å². The van der Waals surface area contributed by atoms with E-state index < -0.39 is 5.97 Å². The number of amides is 2. The molecule has 2 aliphatic rings. The van der Waals surface area contributed by atoms with Crippen molar-refractivity contribution in [2.45, 2.75) is 37.1 Å². The van der Waals surface area contributed by atoms with Gasteiger partial charge < -0.3 is 10.4 Å². The number of unbranched alkanes of at least 4 members (excludes halogenated alkanes) is 1. The SMILES string of the molecule is O=C(O)CCCC[C@@H]1SCN2C(=O)N[C@H]12. The highest BCUT2D eigenvalue weighted by Crippen LogP contribution is 2.35. The van der Waals surface area contributed by atoms with Gasteiger partial charge in [0.2, 0.25) is 0 Å². The first-order chi connectivity index (χ1) is 7.18. The van der Waals surface area contributed by atoms with Crippen LogP contribution in [-0.2, 0) is 4.79 Å². The maximum Gasteiger partial charge on any atom is 0.321 e. The molecule has 0 aromatic heterocycles. The van der Waals surface area contributed by atoms with Crippen LogP contribution in [0.15, 0.2) is 0 Å². The van der Waals surface area contributed by atoms with Crippen LogP contribution in [-0.4, -0.2) is 39.3 Å². The second-order valence-electron chi connectivity index (χ2n) is 3.84. The summed E-state index contributed by atoms with van der Waals surface area (Å²) in [6.45, 7) is 0. The van der Waals surface area contributed by atoms with E-state index in [2.05, 4.69) is 5.32 Å². The first-order valence-corrected chi connectivity index (χ1v) is 6.14. The Morgan fingerprint density at radius 1 is 1.60 bits per heavy atom. The highest BCUT2D eigenvalue weighted by Gasteiger charge is 2.45. The van der Waals surface area contributed by atoms with Gasteiger partial charge in [-0.3, -0.25) is 9.69 Å². The molecule has 2 atom stereocenters. The Morgan fingerprint density at radius 2 is 2.40 bits per heavy atom. The number of thioether (sulfide) groups is 1. The molecule has 0 bridgehead atoms. The van der Waals surface area contributed by atoms with Crippen LogP contribution in [0.2, 0.25) is 0 Å². The Kier molecular flexibility index (Phi) is 3.04. The van der Waals surface area contributed by atoms with E-state index in [-0.39, 0.29) is 18.6 Å². The number of fused-ring (bicyclic) bond motifs is 1. The van der Waals surface area contributed by atoms with E-state index in [1.165, 1.54) is 0 Å². The van der Waals surface area contributed by atoms with Crippen LogP contribution in [0.25, 0.3) is 0 Å². The van der Waals surface area contributed by atoms with Crippen molar-refractivity contribution in [3.8, 4) is 0 Å². The summed E-state index contributed by atoms with van der Waals surface area (Å²) in [7, 11) is 0. The predicted octanol–water partition coefficient (Wildman–Crippen LogP) is 1.06. The molecule has 2 aliphatic heterocycles. The van der Waals surface area contributed by atoms with Gasteiger partial charge in [0, 0.05) is 11.7 Å². The van der Waals surface area contributed by atoms with Gasteiger partial charge in [-0.05, 0) is 12.8 Å². The molecule has 5 nitrogen and oxygen atoms in total. The van der Waals surface area contributed by atoms with Crippen LogP contribution in [0.5, 0.6) is 0 Å². The molecule has 0 aliphatic carbocycles. The molecule has 2 saturated heterocycles. The van der Waals surface area contributed by atoms with Crippen molar-refractivity contribution in [3.05, 3.63) is 0 Å². The van der Waals surface area contributed by atoms with E-state index in [0.717, 1.165) is 25.1 Å². The average molecular weight is 230 g/mol. The minimum absolute atomic E-state index is 0.0283. The number of nitrogens with zero attached hydrogens (tertiary/aromatic N) is 1. The smallest absolute Gasteiger partial charge is 0.321 e. The second kappa shape index (κ2) is 4.30. The zero-order chi connectivity index (χ0) is 10.8. The van der Waals surface area contributed by atoms with Gasteiger partial charge in [0.1, 0.15) is 6.17 Å².